The molecule has 1 fully saturated rings. The topological polar surface area (TPSA) is 328 Å². The van der Waals surface area contributed by atoms with Gasteiger partial charge in [0.1, 0.15) is 43.0 Å². The number of nitrogens with one attached hydrogen (secondary N) is 2. The number of amides is 4. The molecule has 0 saturated carbocycles. The van der Waals surface area contributed by atoms with Crippen LogP contribution in [0.3, 0.4) is 0 Å². The Hall–Kier alpha value is -3.95. The molecule has 0 aromatic heterocycles. The van der Waals surface area contributed by atoms with Crippen LogP contribution in [0.4, 0.5) is 0 Å². The minimum Gasteiger partial charge on any atom is -0.481 e. The molecule has 1 unspecified atom stereocenters. The van der Waals surface area contributed by atoms with E-state index < -0.39 is 129 Å². The highest BCUT2D eigenvalue weighted by molar-refractivity contribution is 5.96. The van der Waals surface area contributed by atoms with Crippen LogP contribution in [0.2, 0.25) is 0 Å². The molecule has 0 spiro atoms. The van der Waals surface area contributed by atoms with Crippen molar-refractivity contribution in [1.29, 1.82) is 0 Å². The van der Waals surface area contributed by atoms with E-state index in [0.717, 1.165) is 32.6 Å². The molecule has 1 heterocycles. The number of aliphatic hydroxyl groups excluding tert-OH is 3. The number of ether oxygens (including phenoxy) is 3. The van der Waals surface area contributed by atoms with Gasteiger partial charge in [-0.3, -0.25) is 33.6 Å². The lowest BCUT2D eigenvalue weighted by Gasteiger charge is -2.44. The molecule has 20 nitrogen and oxygen atoms in total. The molecule has 0 bridgehead atoms. The molecule has 1 saturated heterocycles. The molecular weight excluding hydrogens is 839 g/mol. The number of aliphatic hydroxyl groups is 3. The Bertz CT molecular complexity index is 1390. The Kier molecular flexibility index (Phi) is 30.4. The number of carbonyl (C=O) groups is 7. The third-order valence-electron chi connectivity index (χ3n) is 11.3. The molecule has 20 heteroatoms. The molecular formula is C44H79N5O15. The number of primary amides is 1. The number of nitrogens with zero attached hydrogens (tertiary/aromatic N) is 1. The van der Waals surface area contributed by atoms with Gasteiger partial charge in [-0.25, -0.2) is 0 Å². The third-order valence-corrected chi connectivity index (χ3v) is 11.3. The lowest BCUT2D eigenvalue weighted by atomic mass is 9.96. The van der Waals surface area contributed by atoms with Gasteiger partial charge in [-0.15, -0.1) is 0 Å². The predicted molar refractivity (Wildman–Crippen MR) is 234 cm³/mol. The van der Waals surface area contributed by atoms with Gasteiger partial charge in [0.25, 0.3) is 0 Å². The number of unbranched alkanes of at least 4 members (excludes halogenated alkanes) is 18. The monoisotopic (exact) mass is 918 g/mol. The second kappa shape index (κ2) is 33.5. The van der Waals surface area contributed by atoms with Crippen LogP contribution < -0.4 is 22.1 Å². The van der Waals surface area contributed by atoms with Crippen molar-refractivity contribution in [2.24, 2.45) is 17.4 Å². The molecule has 0 aromatic rings. The Labute approximate surface area is 377 Å². The van der Waals surface area contributed by atoms with E-state index in [1.807, 2.05) is 0 Å². The second-order valence-electron chi connectivity index (χ2n) is 16.9. The first-order valence-electron chi connectivity index (χ1n) is 23.2. The molecule has 370 valence electrons. The smallest absolute Gasteiger partial charge is 0.317 e. The van der Waals surface area contributed by atoms with Gasteiger partial charge in [0, 0.05) is 26.3 Å². The molecule has 4 amide bonds. The molecule has 8 atom stereocenters. The van der Waals surface area contributed by atoms with Crippen LogP contribution in [0.25, 0.3) is 0 Å². The van der Waals surface area contributed by atoms with Crippen molar-refractivity contribution >= 4 is 41.5 Å². The van der Waals surface area contributed by atoms with Crippen LogP contribution in [-0.2, 0) is 47.8 Å². The first-order valence-corrected chi connectivity index (χ1v) is 23.2. The number of nitrogens with two attached hydrogens (primary N) is 2. The van der Waals surface area contributed by atoms with E-state index >= 15 is 0 Å². The van der Waals surface area contributed by atoms with E-state index in [-0.39, 0.29) is 6.42 Å². The summed E-state index contributed by atoms with van der Waals surface area (Å²) in [7, 11) is 0. The summed E-state index contributed by atoms with van der Waals surface area (Å²) in [6.07, 6.45) is 14.2. The van der Waals surface area contributed by atoms with Crippen molar-refractivity contribution < 1.29 is 73.3 Å². The number of rotatable bonds is 37. The summed E-state index contributed by atoms with van der Waals surface area (Å²) in [5.74, 6) is -10.5. The molecule has 1 aliphatic rings. The van der Waals surface area contributed by atoms with Crippen molar-refractivity contribution in [3.05, 3.63) is 0 Å². The lowest BCUT2D eigenvalue weighted by Crippen LogP contribution is -2.65. The molecule has 0 aromatic carbocycles. The van der Waals surface area contributed by atoms with Gasteiger partial charge in [-0.2, -0.15) is 0 Å². The second-order valence-corrected chi connectivity index (χ2v) is 16.9. The van der Waals surface area contributed by atoms with Crippen LogP contribution in [0.5, 0.6) is 0 Å². The average molecular weight is 918 g/mol. The zero-order chi connectivity index (χ0) is 48.0. The number of carbonyl (C=O) groups excluding carboxylic acids is 5. The van der Waals surface area contributed by atoms with Crippen LogP contribution in [0.1, 0.15) is 156 Å². The Balaban J connectivity index is 2.85. The van der Waals surface area contributed by atoms with Gasteiger partial charge >= 0.3 is 17.9 Å². The van der Waals surface area contributed by atoms with Gasteiger partial charge in [0.2, 0.25) is 23.6 Å². The Morgan fingerprint density at radius 3 is 1.70 bits per heavy atom. The molecule has 1 rings (SSSR count). The Morgan fingerprint density at radius 2 is 1.27 bits per heavy atom. The fourth-order valence-electron chi connectivity index (χ4n) is 7.68. The maximum Gasteiger partial charge on any atom is 0.317 e. The summed E-state index contributed by atoms with van der Waals surface area (Å²) in [4.78, 5) is 88.3. The minimum absolute atomic E-state index is 0.0506. The number of esters is 1. The van der Waals surface area contributed by atoms with Crippen LogP contribution in [0.15, 0.2) is 0 Å². The first-order chi connectivity index (χ1) is 30.4. The number of aliphatic carboxylic acids is 2. The summed E-state index contributed by atoms with van der Waals surface area (Å²) >= 11 is 0. The van der Waals surface area contributed by atoms with Crippen molar-refractivity contribution in [2.45, 2.75) is 204 Å². The van der Waals surface area contributed by atoms with E-state index in [4.69, 9.17) is 25.7 Å². The van der Waals surface area contributed by atoms with E-state index in [9.17, 15) is 59.1 Å². The Morgan fingerprint density at radius 1 is 0.781 bits per heavy atom. The van der Waals surface area contributed by atoms with E-state index in [0.29, 0.717) is 11.3 Å². The van der Waals surface area contributed by atoms with Gasteiger partial charge < -0.3 is 66.7 Å². The fourth-order valence-corrected chi connectivity index (χ4v) is 7.68. The van der Waals surface area contributed by atoms with E-state index in [1.165, 1.54) is 96.8 Å². The number of carboxylic acid groups (broad SMARTS) is 2. The largest absolute Gasteiger partial charge is 0.481 e. The quantitative estimate of drug-likeness (QED) is 0.0244. The lowest BCUT2D eigenvalue weighted by molar-refractivity contribution is -0.268. The zero-order valence-electron chi connectivity index (χ0n) is 38.3. The highest BCUT2D eigenvalue weighted by Crippen LogP contribution is 2.25. The predicted octanol–water partition coefficient (Wildman–Crippen LogP) is 2.00. The molecule has 0 radical (unpaired) electrons. The molecule has 11 N–H and O–H groups in total. The number of hydrogen-bond acceptors (Lipinski definition) is 14. The normalized spacial score (nSPS) is 19.9. The maximum absolute atomic E-state index is 14.0. The number of hydrogen-bond donors (Lipinski definition) is 9. The highest BCUT2D eigenvalue weighted by atomic mass is 16.6. The third kappa shape index (κ3) is 23.8. The van der Waals surface area contributed by atoms with Crippen LogP contribution in [-0.4, -0.2) is 147 Å². The SMILES string of the molecule is CCCCCCCCCCCCCCCCCCCCCC(=O)OC[C@H](N)C(=O)N(CC(C)O[C@H]1[C@H](O)[C@@H](CO)O[C@H](O)[C@@H]1NC(C)=O)[C@@H](CC(C(=O)O)C(=O)O)C(=O)NCC(N)=O. The van der Waals surface area contributed by atoms with E-state index in [2.05, 4.69) is 17.6 Å². The van der Waals surface area contributed by atoms with Gasteiger partial charge in [-0.05, 0) is 13.3 Å². The summed E-state index contributed by atoms with van der Waals surface area (Å²) in [5, 5.41) is 55.1. The van der Waals surface area contributed by atoms with Crippen molar-refractivity contribution in [3.63, 3.8) is 0 Å². The first kappa shape index (κ1) is 58.1. The van der Waals surface area contributed by atoms with Crippen molar-refractivity contribution in [2.75, 3.05) is 26.3 Å². The fraction of sp³-hybridized carbons (Fsp3) is 0.841. The van der Waals surface area contributed by atoms with Crippen molar-refractivity contribution in [1.82, 2.24) is 15.5 Å². The maximum atomic E-state index is 14.0. The van der Waals surface area contributed by atoms with Crippen LogP contribution >= 0.6 is 0 Å². The van der Waals surface area contributed by atoms with Crippen LogP contribution in [0, 0.1) is 5.92 Å². The molecule has 1 aliphatic heterocycles. The summed E-state index contributed by atoms with van der Waals surface area (Å²) < 4.78 is 16.4. The summed E-state index contributed by atoms with van der Waals surface area (Å²) in [5.41, 5.74) is 11.4. The minimum atomic E-state index is -2.24. The molecule has 64 heavy (non-hydrogen) atoms. The average Bonchev–Trinajstić information content (AvgIpc) is 3.24. The van der Waals surface area contributed by atoms with Gasteiger partial charge in [0.05, 0.1) is 19.3 Å². The zero-order valence-corrected chi connectivity index (χ0v) is 38.3. The number of carboxylic acids is 2. The molecule has 0 aliphatic carbocycles. The summed E-state index contributed by atoms with van der Waals surface area (Å²) in [6, 6.07) is -5.01. The summed E-state index contributed by atoms with van der Waals surface area (Å²) in [6.45, 7) is 1.81. The highest BCUT2D eigenvalue weighted by Gasteiger charge is 2.47. The van der Waals surface area contributed by atoms with E-state index in [1.54, 1.807) is 0 Å². The van der Waals surface area contributed by atoms with Gasteiger partial charge in [-0.1, -0.05) is 122 Å². The van der Waals surface area contributed by atoms with Crippen molar-refractivity contribution in [3.8, 4) is 0 Å². The van der Waals surface area contributed by atoms with Gasteiger partial charge in [0.15, 0.2) is 12.2 Å². The standard InChI is InChI=1S/C44H79N5O15/c1-4-5-6-7-8-9-10-11-12-13-14-15-16-17-18-19-20-21-22-23-36(53)62-28-32(45)41(56)49(33(40(55)47-25-35(46)52)24-31(42(57)58)43(59)60)26-29(2)63-39-37(48-30(3)51)44(61)64-34(27-50)38(39)54/h29,31-34,37-39,44,50,54,61H,4-28,45H2,1-3H3,(H2,46,52)(H,47,55)(H,48,51)(H,57,58)(H,59,60)/t29?,32-,33-,34+,37+,38+,39+,44-/m0/s1.